The van der Waals surface area contributed by atoms with Crippen molar-refractivity contribution in [2.24, 2.45) is 0 Å². The van der Waals surface area contributed by atoms with Crippen LogP contribution >= 0.6 is 11.8 Å². The number of aryl methyl sites for hydroxylation is 2. The van der Waals surface area contributed by atoms with Gasteiger partial charge in [0.25, 0.3) is 0 Å². The number of para-hydroxylation sites is 1. The topological polar surface area (TPSA) is 71.8 Å². The van der Waals surface area contributed by atoms with E-state index in [2.05, 4.69) is 52.1 Å². The fraction of sp³-hybridized carbons (Fsp3) is 0.250. The van der Waals surface area contributed by atoms with E-state index in [0.29, 0.717) is 5.16 Å². The maximum Gasteiger partial charge on any atom is 0.240 e. The molecule has 0 fully saturated rings. The Kier molecular flexibility index (Phi) is 4.85. The largest absolute Gasteiger partial charge is 0.325 e. The Hall–Kier alpha value is -2.80. The lowest BCUT2D eigenvalue weighted by atomic mass is 10.0. The molecule has 138 valence electrons. The van der Waals surface area contributed by atoms with Crippen LogP contribution in [0.4, 0.5) is 5.69 Å². The van der Waals surface area contributed by atoms with Crippen molar-refractivity contribution in [3.8, 4) is 0 Å². The Morgan fingerprint density at radius 3 is 2.59 bits per heavy atom. The van der Waals surface area contributed by atoms with Crippen molar-refractivity contribution in [1.29, 1.82) is 0 Å². The summed E-state index contributed by atoms with van der Waals surface area (Å²) in [4.78, 5) is 13.1. The Balaban J connectivity index is 1.67. The van der Waals surface area contributed by atoms with E-state index in [1.165, 1.54) is 17.3 Å². The van der Waals surface area contributed by atoms with E-state index in [1.807, 2.05) is 41.9 Å². The SMILES string of the molecule is CCc1nnc2n1NC(c1ccc(C)cc1)C(C(=O)Nc1ccccc1)S2. The van der Waals surface area contributed by atoms with Gasteiger partial charge in [-0.25, -0.2) is 4.68 Å². The molecular formula is C20H21N5OS. The van der Waals surface area contributed by atoms with Gasteiger partial charge >= 0.3 is 0 Å². The molecule has 6 nitrogen and oxygen atoms in total. The second-order valence-electron chi connectivity index (χ2n) is 6.50. The second-order valence-corrected chi connectivity index (χ2v) is 7.61. The van der Waals surface area contributed by atoms with Crippen LogP contribution in [0.25, 0.3) is 0 Å². The van der Waals surface area contributed by atoms with Gasteiger partial charge in [-0.2, -0.15) is 0 Å². The fourth-order valence-electron chi connectivity index (χ4n) is 3.09. The maximum atomic E-state index is 13.1. The Bertz CT molecular complexity index is 939. The average molecular weight is 379 g/mol. The molecule has 0 aliphatic carbocycles. The molecule has 27 heavy (non-hydrogen) atoms. The number of benzene rings is 2. The molecule has 2 N–H and O–H groups in total. The molecule has 0 saturated heterocycles. The predicted octanol–water partition coefficient (Wildman–Crippen LogP) is 3.55. The van der Waals surface area contributed by atoms with Crippen molar-refractivity contribution in [3.05, 3.63) is 71.5 Å². The number of hydrogen-bond acceptors (Lipinski definition) is 5. The van der Waals surface area contributed by atoms with Gasteiger partial charge < -0.3 is 10.7 Å². The van der Waals surface area contributed by atoms with Gasteiger partial charge in [0.05, 0.1) is 6.04 Å². The molecular weight excluding hydrogens is 358 g/mol. The number of nitrogens with zero attached hydrogens (tertiary/aromatic N) is 3. The van der Waals surface area contributed by atoms with Crippen LogP contribution in [-0.4, -0.2) is 26.0 Å². The Morgan fingerprint density at radius 2 is 1.89 bits per heavy atom. The predicted molar refractivity (Wildman–Crippen MR) is 107 cm³/mol. The van der Waals surface area contributed by atoms with Gasteiger partial charge in [0, 0.05) is 12.1 Å². The van der Waals surface area contributed by atoms with Gasteiger partial charge in [0.1, 0.15) is 5.25 Å². The quantitative estimate of drug-likeness (QED) is 0.725. The van der Waals surface area contributed by atoms with Gasteiger partial charge in [0.15, 0.2) is 5.82 Å². The maximum absolute atomic E-state index is 13.1. The van der Waals surface area contributed by atoms with Crippen LogP contribution in [0.3, 0.4) is 0 Å². The van der Waals surface area contributed by atoms with Crippen LogP contribution in [0.1, 0.15) is 29.9 Å². The molecule has 0 radical (unpaired) electrons. The van der Waals surface area contributed by atoms with E-state index < -0.39 is 0 Å². The first-order valence-corrected chi connectivity index (χ1v) is 9.83. The minimum atomic E-state index is -0.366. The van der Waals surface area contributed by atoms with E-state index in [-0.39, 0.29) is 17.2 Å². The van der Waals surface area contributed by atoms with Crippen LogP contribution in [0.2, 0.25) is 0 Å². The smallest absolute Gasteiger partial charge is 0.240 e. The number of anilines is 1. The zero-order valence-corrected chi connectivity index (χ0v) is 16.0. The van der Waals surface area contributed by atoms with E-state index in [0.717, 1.165) is 23.5 Å². The molecule has 3 aromatic rings. The van der Waals surface area contributed by atoms with Crippen molar-refractivity contribution in [1.82, 2.24) is 14.9 Å². The standard InChI is InChI=1S/C20H21N5OS/c1-3-16-22-23-20-25(16)24-17(14-11-9-13(2)10-12-14)18(27-20)19(26)21-15-7-5-4-6-8-15/h4-12,17-18,24H,3H2,1-2H3,(H,21,26). The van der Waals surface area contributed by atoms with E-state index in [4.69, 9.17) is 0 Å². The molecule has 1 aliphatic rings. The van der Waals surface area contributed by atoms with Crippen LogP contribution in [0, 0.1) is 6.92 Å². The van der Waals surface area contributed by atoms with E-state index >= 15 is 0 Å². The lowest BCUT2D eigenvalue weighted by molar-refractivity contribution is -0.116. The Labute approximate surface area is 162 Å². The van der Waals surface area contributed by atoms with Crippen molar-refractivity contribution >= 4 is 23.4 Å². The third-order valence-corrected chi connectivity index (χ3v) is 5.77. The van der Waals surface area contributed by atoms with Gasteiger partial charge in [-0.3, -0.25) is 4.79 Å². The molecule has 7 heteroatoms. The molecule has 1 aliphatic heterocycles. The number of aromatic nitrogens is 3. The molecule has 0 bridgehead atoms. The number of fused-ring (bicyclic) bond motifs is 1. The summed E-state index contributed by atoms with van der Waals surface area (Å²) in [6.45, 7) is 4.10. The summed E-state index contributed by atoms with van der Waals surface area (Å²) in [6, 6.07) is 17.6. The van der Waals surface area contributed by atoms with E-state index in [1.54, 1.807) is 0 Å². The first-order valence-electron chi connectivity index (χ1n) is 8.95. The van der Waals surface area contributed by atoms with Crippen LogP contribution in [-0.2, 0) is 11.2 Å². The number of rotatable bonds is 4. The normalized spacial score (nSPS) is 18.4. The molecule has 2 atom stereocenters. The van der Waals surface area contributed by atoms with Crippen molar-refractivity contribution in [2.75, 3.05) is 10.7 Å². The van der Waals surface area contributed by atoms with Crippen molar-refractivity contribution in [2.45, 2.75) is 36.7 Å². The van der Waals surface area contributed by atoms with Gasteiger partial charge in [-0.1, -0.05) is 66.7 Å². The number of carbonyl (C=O) groups is 1. The zero-order valence-electron chi connectivity index (χ0n) is 15.2. The lowest BCUT2D eigenvalue weighted by Gasteiger charge is -2.33. The molecule has 0 saturated carbocycles. The van der Waals surface area contributed by atoms with Crippen LogP contribution in [0.15, 0.2) is 59.8 Å². The van der Waals surface area contributed by atoms with Gasteiger partial charge in [-0.05, 0) is 24.6 Å². The molecule has 1 amide bonds. The summed E-state index contributed by atoms with van der Waals surface area (Å²) in [5, 5.41) is 11.8. The molecule has 1 aromatic heterocycles. The number of carbonyl (C=O) groups excluding carboxylic acids is 1. The third-order valence-electron chi connectivity index (χ3n) is 4.56. The number of nitrogens with one attached hydrogen (secondary N) is 2. The monoisotopic (exact) mass is 379 g/mol. The molecule has 4 rings (SSSR count). The first-order chi connectivity index (χ1) is 13.2. The molecule has 2 unspecified atom stereocenters. The van der Waals surface area contributed by atoms with Crippen LogP contribution < -0.4 is 10.7 Å². The molecule has 0 spiro atoms. The highest BCUT2D eigenvalue weighted by molar-refractivity contribution is 8.00. The zero-order chi connectivity index (χ0) is 18.8. The highest BCUT2D eigenvalue weighted by Crippen LogP contribution is 2.37. The lowest BCUT2D eigenvalue weighted by Crippen LogP contribution is -2.41. The summed E-state index contributed by atoms with van der Waals surface area (Å²) in [5.41, 5.74) is 6.49. The number of hydrogen-bond donors (Lipinski definition) is 2. The number of thioether (sulfide) groups is 1. The summed E-state index contributed by atoms with van der Waals surface area (Å²) in [7, 11) is 0. The second kappa shape index (κ2) is 7.44. The van der Waals surface area contributed by atoms with E-state index in [9.17, 15) is 4.79 Å². The minimum absolute atomic E-state index is 0.0587. The number of amides is 1. The highest BCUT2D eigenvalue weighted by Gasteiger charge is 2.37. The third kappa shape index (κ3) is 3.55. The summed E-state index contributed by atoms with van der Waals surface area (Å²) in [6.07, 6.45) is 0.766. The van der Waals surface area contributed by atoms with Crippen molar-refractivity contribution in [3.63, 3.8) is 0 Å². The minimum Gasteiger partial charge on any atom is -0.325 e. The van der Waals surface area contributed by atoms with Gasteiger partial charge in [-0.15, -0.1) is 10.2 Å². The molecule has 2 heterocycles. The van der Waals surface area contributed by atoms with Crippen molar-refractivity contribution < 1.29 is 4.79 Å². The summed E-state index contributed by atoms with van der Waals surface area (Å²) >= 11 is 1.44. The van der Waals surface area contributed by atoms with Crippen LogP contribution in [0.5, 0.6) is 0 Å². The van der Waals surface area contributed by atoms with Gasteiger partial charge in [0.2, 0.25) is 11.1 Å². The summed E-state index contributed by atoms with van der Waals surface area (Å²) in [5.74, 6) is 0.799. The highest BCUT2D eigenvalue weighted by atomic mass is 32.2. The fourth-order valence-corrected chi connectivity index (χ4v) is 4.19. The summed E-state index contributed by atoms with van der Waals surface area (Å²) < 4.78 is 1.90. The Morgan fingerprint density at radius 1 is 1.15 bits per heavy atom. The average Bonchev–Trinajstić information content (AvgIpc) is 3.10. The molecule has 2 aromatic carbocycles. The first kappa shape index (κ1) is 17.6.